The minimum absolute atomic E-state index is 0.0987. The van der Waals surface area contributed by atoms with E-state index in [1.165, 1.54) is 86.7 Å². The molecular formula is C46H64O3Si. The maximum absolute atomic E-state index is 7.06. The summed E-state index contributed by atoms with van der Waals surface area (Å²) in [4.78, 5) is 0. The summed E-state index contributed by atoms with van der Waals surface area (Å²) < 4.78 is 21.0. The van der Waals surface area contributed by atoms with Crippen LogP contribution in [-0.4, -0.2) is 21.5 Å². The SMILES string of the molecule is CC(C)(C)c1cccc(C(OCCOC(=C2C3CC4CC(C3)CC2C4)c2cccc(O[Si](C)(C)C(C)(C)C)c2)=C2C3CC4CC(C3)CC2C4)c1. The van der Waals surface area contributed by atoms with E-state index >= 15 is 0 Å². The van der Waals surface area contributed by atoms with E-state index in [2.05, 4.69) is 103 Å². The molecule has 4 heteroatoms. The number of rotatable bonds is 9. The Bertz CT molecular complexity index is 1590. The van der Waals surface area contributed by atoms with E-state index in [-0.39, 0.29) is 10.5 Å². The van der Waals surface area contributed by atoms with Gasteiger partial charge >= 0.3 is 0 Å². The number of benzene rings is 2. The van der Waals surface area contributed by atoms with Crippen LogP contribution in [0.15, 0.2) is 59.7 Å². The maximum Gasteiger partial charge on any atom is 0.250 e. The zero-order chi connectivity index (χ0) is 35.0. The fraction of sp³-hybridized carbons (Fsp3) is 0.652. The third-order valence-corrected chi connectivity index (χ3v) is 18.8. The van der Waals surface area contributed by atoms with Crippen molar-refractivity contribution in [1.82, 2.24) is 0 Å². The Morgan fingerprint density at radius 1 is 0.580 bits per heavy atom. The van der Waals surface area contributed by atoms with Crippen LogP contribution in [-0.2, 0) is 14.9 Å². The second kappa shape index (κ2) is 12.9. The predicted molar refractivity (Wildman–Crippen MR) is 209 cm³/mol. The molecule has 0 unspecified atom stereocenters. The Balaban J connectivity index is 1.09. The standard InChI is InChI=1S/C46H64O3Si/c1-45(2,3)39-13-9-11-33(27-39)43(41-35-19-29-17-30(21-35)22-36(41)20-29)47-15-16-48-44(42-37-23-31-18-32(25-37)26-38(42)24-31)34-12-10-14-40(28-34)49-50(7,8)46(4,5)6/h9-14,27-32,35-38H,15-26H2,1-8H3. The summed E-state index contributed by atoms with van der Waals surface area (Å²) >= 11 is 0. The summed E-state index contributed by atoms with van der Waals surface area (Å²) in [7, 11) is -1.97. The zero-order valence-corrected chi connectivity index (χ0v) is 33.4. The number of hydrogen-bond donors (Lipinski definition) is 0. The first kappa shape index (κ1) is 34.6. The summed E-state index contributed by atoms with van der Waals surface area (Å²) in [5.74, 6) is 9.71. The van der Waals surface area contributed by atoms with Crippen molar-refractivity contribution in [1.29, 1.82) is 0 Å². The van der Waals surface area contributed by atoms with Crippen molar-refractivity contribution in [2.24, 2.45) is 47.3 Å². The highest BCUT2D eigenvalue weighted by atomic mass is 28.4. The van der Waals surface area contributed by atoms with E-state index in [4.69, 9.17) is 13.9 Å². The van der Waals surface area contributed by atoms with Crippen LogP contribution in [0.2, 0.25) is 18.1 Å². The van der Waals surface area contributed by atoms with E-state index in [9.17, 15) is 0 Å². The molecule has 2 aromatic carbocycles. The molecule has 0 radical (unpaired) electrons. The van der Waals surface area contributed by atoms with Gasteiger partial charge in [-0.25, -0.2) is 0 Å². The van der Waals surface area contributed by atoms with Gasteiger partial charge in [-0.3, -0.25) is 0 Å². The molecule has 8 aliphatic rings. The Morgan fingerprint density at radius 3 is 1.42 bits per heavy atom. The molecule has 8 saturated carbocycles. The van der Waals surface area contributed by atoms with E-state index in [1.807, 2.05) is 0 Å². The molecule has 8 bridgehead atoms. The molecule has 0 aliphatic heterocycles. The highest BCUT2D eigenvalue weighted by molar-refractivity contribution is 6.74. The van der Waals surface area contributed by atoms with Crippen LogP contribution in [0.5, 0.6) is 5.75 Å². The van der Waals surface area contributed by atoms with Gasteiger partial charge in [0.2, 0.25) is 8.32 Å². The van der Waals surface area contributed by atoms with Gasteiger partial charge < -0.3 is 13.9 Å². The Morgan fingerprint density at radius 2 is 1.00 bits per heavy atom. The van der Waals surface area contributed by atoms with Gasteiger partial charge in [0.05, 0.1) is 0 Å². The van der Waals surface area contributed by atoms with Gasteiger partial charge in [-0.05, 0) is 170 Å². The molecule has 270 valence electrons. The first-order chi connectivity index (χ1) is 23.7. The number of allylic oxidation sites excluding steroid dienone is 2. The average molecular weight is 693 g/mol. The van der Waals surface area contributed by atoms with Crippen molar-refractivity contribution in [2.45, 2.75) is 129 Å². The lowest BCUT2D eigenvalue weighted by Crippen LogP contribution is -2.43. The van der Waals surface area contributed by atoms with Gasteiger partial charge in [0.15, 0.2) is 0 Å². The van der Waals surface area contributed by atoms with Crippen molar-refractivity contribution in [3.8, 4) is 5.75 Å². The second-order valence-corrected chi connectivity index (χ2v) is 24.8. The molecule has 0 heterocycles. The monoisotopic (exact) mass is 692 g/mol. The molecule has 0 amide bonds. The maximum atomic E-state index is 7.06. The molecule has 50 heavy (non-hydrogen) atoms. The molecule has 0 spiro atoms. The Hall–Kier alpha value is -2.46. The minimum atomic E-state index is -1.97. The van der Waals surface area contributed by atoms with Crippen LogP contribution in [0.3, 0.4) is 0 Å². The first-order valence-electron chi connectivity index (χ1n) is 20.4. The highest BCUT2D eigenvalue weighted by Crippen LogP contribution is 2.59. The molecule has 0 atom stereocenters. The largest absolute Gasteiger partial charge is 0.543 e. The Kier molecular flexibility index (Phi) is 8.92. The fourth-order valence-corrected chi connectivity index (χ4v) is 12.4. The fourth-order valence-electron chi connectivity index (χ4n) is 11.4. The van der Waals surface area contributed by atoms with Crippen molar-refractivity contribution < 1.29 is 13.9 Å². The smallest absolute Gasteiger partial charge is 0.250 e. The molecule has 0 aromatic heterocycles. The van der Waals surface area contributed by atoms with Gasteiger partial charge in [-0.1, -0.05) is 71.9 Å². The molecule has 2 aromatic rings. The molecule has 10 rings (SSSR count). The lowest BCUT2D eigenvalue weighted by Gasteiger charge is -2.52. The molecular weight excluding hydrogens is 629 g/mol. The van der Waals surface area contributed by atoms with E-state index in [0.717, 1.165) is 35.2 Å². The molecule has 0 N–H and O–H groups in total. The lowest BCUT2D eigenvalue weighted by molar-refractivity contribution is 0.0629. The summed E-state index contributed by atoms with van der Waals surface area (Å²) in [6.45, 7) is 19.7. The summed E-state index contributed by atoms with van der Waals surface area (Å²) in [5.41, 5.74) is 7.20. The van der Waals surface area contributed by atoms with E-state index in [0.29, 0.717) is 36.9 Å². The molecule has 8 fully saturated rings. The van der Waals surface area contributed by atoms with Gasteiger partial charge in [0.1, 0.15) is 30.5 Å². The van der Waals surface area contributed by atoms with Gasteiger partial charge in [-0.2, -0.15) is 0 Å². The minimum Gasteiger partial charge on any atom is -0.543 e. The van der Waals surface area contributed by atoms with Crippen LogP contribution < -0.4 is 4.43 Å². The zero-order valence-electron chi connectivity index (χ0n) is 32.4. The Labute approximate surface area is 304 Å². The summed E-state index contributed by atoms with van der Waals surface area (Å²) in [6.07, 6.45) is 13.7. The van der Waals surface area contributed by atoms with Crippen LogP contribution in [0.1, 0.15) is 122 Å². The second-order valence-electron chi connectivity index (χ2n) is 20.1. The van der Waals surface area contributed by atoms with E-state index in [1.54, 1.807) is 11.1 Å². The van der Waals surface area contributed by atoms with Gasteiger partial charge in [0.25, 0.3) is 0 Å². The molecule has 0 saturated heterocycles. The van der Waals surface area contributed by atoms with Crippen LogP contribution in [0.4, 0.5) is 0 Å². The van der Waals surface area contributed by atoms with Crippen LogP contribution in [0, 0.1) is 47.3 Å². The van der Waals surface area contributed by atoms with E-state index < -0.39 is 8.32 Å². The summed E-state index contributed by atoms with van der Waals surface area (Å²) in [5, 5.41) is 0.148. The molecule has 8 aliphatic carbocycles. The van der Waals surface area contributed by atoms with Crippen molar-refractivity contribution in [3.63, 3.8) is 0 Å². The highest BCUT2D eigenvalue weighted by Gasteiger charge is 2.48. The normalized spacial score (nSPS) is 31.3. The number of hydrogen-bond acceptors (Lipinski definition) is 3. The third-order valence-electron chi connectivity index (χ3n) is 14.4. The average Bonchev–Trinajstić information content (AvgIpc) is 3.03. The van der Waals surface area contributed by atoms with Gasteiger partial charge in [-0.15, -0.1) is 0 Å². The molecule has 3 nitrogen and oxygen atoms in total. The topological polar surface area (TPSA) is 27.7 Å². The third kappa shape index (κ3) is 6.65. The van der Waals surface area contributed by atoms with Gasteiger partial charge in [0, 0.05) is 11.1 Å². The number of ether oxygens (including phenoxy) is 2. The lowest BCUT2D eigenvalue weighted by atomic mass is 9.54. The van der Waals surface area contributed by atoms with Crippen molar-refractivity contribution in [3.05, 3.63) is 76.4 Å². The summed E-state index contributed by atoms with van der Waals surface area (Å²) in [6, 6.07) is 18.2. The van der Waals surface area contributed by atoms with Crippen molar-refractivity contribution >= 4 is 19.8 Å². The van der Waals surface area contributed by atoms with Crippen LogP contribution in [0.25, 0.3) is 11.5 Å². The van der Waals surface area contributed by atoms with Crippen LogP contribution >= 0.6 is 0 Å². The predicted octanol–water partition coefficient (Wildman–Crippen LogP) is 12.4. The first-order valence-corrected chi connectivity index (χ1v) is 23.3. The quantitative estimate of drug-likeness (QED) is 0.149. The van der Waals surface area contributed by atoms with Crippen molar-refractivity contribution in [2.75, 3.05) is 13.2 Å².